The van der Waals surface area contributed by atoms with Crippen molar-refractivity contribution in [2.75, 3.05) is 45.9 Å². The molecule has 0 radical (unpaired) electrons. The fourth-order valence-corrected chi connectivity index (χ4v) is 4.97. The molecule has 0 aromatic heterocycles. The van der Waals surface area contributed by atoms with Crippen molar-refractivity contribution in [2.24, 2.45) is 0 Å². The van der Waals surface area contributed by atoms with Gasteiger partial charge in [-0.2, -0.15) is 4.31 Å². The predicted molar refractivity (Wildman–Crippen MR) is 103 cm³/mol. The van der Waals surface area contributed by atoms with E-state index in [1.165, 1.54) is 4.31 Å². The number of carbonyl (C=O) groups is 1. The van der Waals surface area contributed by atoms with E-state index in [2.05, 4.69) is 5.32 Å². The Balaban J connectivity index is 1.50. The Morgan fingerprint density at radius 2 is 1.93 bits per heavy atom. The van der Waals surface area contributed by atoms with Crippen LogP contribution < -0.4 is 5.32 Å². The normalized spacial score (nSPS) is 21.6. The summed E-state index contributed by atoms with van der Waals surface area (Å²) >= 11 is 0. The lowest BCUT2D eigenvalue weighted by molar-refractivity contribution is -0.131. The SMILES string of the molecule is Cc1ccc(S(=O)(=O)N2CCN(C(=O)CNCC3CCCO3)CC2)cc1C. The first-order valence-corrected chi connectivity index (χ1v) is 11.0. The monoisotopic (exact) mass is 395 g/mol. The molecule has 1 aromatic rings. The zero-order chi connectivity index (χ0) is 19.4. The Bertz CT molecular complexity index is 767. The average molecular weight is 396 g/mol. The molecule has 2 fully saturated rings. The second-order valence-corrected chi connectivity index (χ2v) is 9.23. The Kier molecular flexibility index (Phi) is 6.52. The summed E-state index contributed by atoms with van der Waals surface area (Å²) in [4.78, 5) is 14.4. The third-order valence-electron chi connectivity index (χ3n) is 5.38. The molecule has 0 spiro atoms. The van der Waals surface area contributed by atoms with E-state index in [-0.39, 0.29) is 18.6 Å². The van der Waals surface area contributed by atoms with Crippen LogP contribution in [0.2, 0.25) is 0 Å². The molecule has 0 saturated carbocycles. The van der Waals surface area contributed by atoms with E-state index >= 15 is 0 Å². The van der Waals surface area contributed by atoms with Crippen molar-refractivity contribution < 1.29 is 17.9 Å². The first kappa shape index (κ1) is 20.3. The van der Waals surface area contributed by atoms with Crippen LogP contribution >= 0.6 is 0 Å². The molecule has 8 heteroatoms. The number of hydrogen-bond donors (Lipinski definition) is 1. The second-order valence-electron chi connectivity index (χ2n) is 7.30. The minimum absolute atomic E-state index is 0.0104. The molecule has 1 N–H and O–H groups in total. The topological polar surface area (TPSA) is 79.0 Å². The smallest absolute Gasteiger partial charge is 0.243 e. The summed E-state index contributed by atoms with van der Waals surface area (Å²) in [5.74, 6) is 0.0104. The van der Waals surface area contributed by atoms with Crippen LogP contribution in [0.25, 0.3) is 0 Å². The molecular formula is C19H29N3O4S. The van der Waals surface area contributed by atoms with E-state index in [0.717, 1.165) is 30.6 Å². The minimum Gasteiger partial charge on any atom is -0.377 e. The molecule has 7 nitrogen and oxygen atoms in total. The van der Waals surface area contributed by atoms with Gasteiger partial charge in [-0.3, -0.25) is 4.79 Å². The van der Waals surface area contributed by atoms with E-state index < -0.39 is 10.0 Å². The number of piperazine rings is 1. The maximum atomic E-state index is 12.8. The summed E-state index contributed by atoms with van der Waals surface area (Å²) in [7, 11) is -3.52. The lowest BCUT2D eigenvalue weighted by Crippen LogP contribution is -2.52. The van der Waals surface area contributed by atoms with Crippen LogP contribution in [-0.2, 0) is 19.6 Å². The Hall–Kier alpha value is -1.48. The number of rotatable bonds is 6. The van der Waals surface area contributed by atoms with Crippen LogP contribution in [0.1, 0.15) is 24.0 Å². The van der Waals surface area contributed by atoms with Crippen LogP contribution in [0.15, 0.2) is 23.1 Å². The van der Waals surface area contributed by atoms with Crippen LogP contribution in [0.4, 0.5) is 0 Å². The molecule has 1 amide bonds. The largest absolute Gasteiger partial charge is 0.377 e. The summed E-state index contributed by atoms with van der Waals surface area (Å²) in [6.45, 7) is 7.12. The molecular weight excluding hydrogens is 366 g/mol. The third kappa shape index (κ3) is 4.87. The first-order chi connectivity index (χ1) is 12.9. The highest BCUT2D eigenvalue weighted by Crippen LogP contribution is 2.20. The number of ether oxygens (including phenoxy) is 1. The van der Waals surface area contributed by atoms with Crippen molar-refractivity contribution >= 4 is 15.9 Å². The van der Waals surface area contributed by atoms with Gasteiger partial charge in [0.2, 0.25) is 15.9 Å². The maximum Gasteiger partial charge on any atom is 0.243 e. The number of aryl methyl sites for hydroxylation is 2. The quantitative estimate of drug-likeness (QED) is 0.774. The zero-order valence-corrected chi connectivity index (χ0v) is 16.9. The van der Waals surface area contributed by atoms with Crippen molar-refractivity contribution in [3.05, 3.63) is 29.3 Å². The van der Waals surface area contributed by atoms with Gasteiger partial charge >= 0.3 is 0 Å². The molecule has 1 aromatic carbocycles. The second kappa shape index (κ2) is 8.68. The lowest BCUT2D eigenvalue weighted by Gasteiger charge is -2.34. The minimum atomic E-state index is -3.52. The molecule has 1 atom stereocenters. The number of nitrogens with zero attached hydrogens (tertiary/aromatic N) is 2. The highest BCUT2D eigenvalue weighted by atomic mass is 32.2. The number of benzene rings is 1. The van der Waals surface area contributed by atoms with Crippen molar-refractivity contribution in [3.8, 4) is 0 Å². The molecule has 0 bridgehead atoms. The van der Waals surface area contributed by atoms with Gasteiger partial charge < -0.3 is 15.0 Å². The van der Waals surface area contributed by atoms with E-state index in [9.17, 15) is 13.2 Å². The molecule has 2 aliphatic rings. The van der Waals surface area contributed by atoms with Crippen molar-refractivity contribution in [3.63, 3.8) is 0 Å². The summed E-state index contributed by atoms with van der Waals surface area (Å²) in [6.07, 6.45) is 2.32. The summed E-state index contributed by atoms with van der Waals surface area (Å²) in [6, 6.07) is 5.21. The van der Waals surface area contributed by atoms with Crippen LogP contribution in [-0.4, -0.2) is 75.5 Å². The van der Waals surface area contributed by atoms with Gasteiger partial charge in [-0.05, 0) is 49.9 Å². The fraction of sp³-hybridized carbons (Fsp3) is 0.632. The summed E-state index contributed by atoms with van der Waals surface area (Å²) < 4.78 is 32.7. The molecule has 150 valence electrons. The van der Waals surface area contributed by atoms with Gasteiger partial charge in [0.1, 0.15) is 0 Å². The number of hydrogen-bond acceptors (Lipinski definition) is 5. The zero-order valence-electron chi connectivity index (χ0n) is 16.1. The Labute approximate surface area is 161 Å². The maximum absolute atomic E-state index is 12.8. The number of amides is 1. The van der Waals surface area contributed by atoms with Gasteiger partial charge in [-0.25, -0.2) is 8.42 Å². The Morgan fingerprint density at radius 3 is 2.56 bits per heavy atom. The Morgan fingerprint density at radius 1 is 1.19 bits per heavy atom. The number of carbonyl (C=O) groups excluding carboxylic acids is 1. The highest BCUT2D eigenvalue weighted by Gasteiger charge is 2.30. The molecule has 0 aliphatic carbocycles. The van der Waals surface area contributed by atoms with Crippen LogP contribution in [0.3, 0.4) is 0 Å². The van der Waals surface area contributed by atoms with Gasteiger partial charge in [0.25, 0.3) is 0 Å². The van der Waals surface area contributed by atoms with E-state index in [4.69, 9.17) is 4.74 Å². The highest BCUT2D eigenvalue weighted by molar-refractivity contribution is 7.89. The molecule has 1 unspecified atom stereocenters. The molecule has 2 heterocycles. The molecule has 27 heavy (non-hydrogen) atoms. The van der Waals surface area contributed by atoms with Crippen molar-refractivity contribution in [2.45, 2.75) is 37.7 Å². The van der Waals surface area contributed by atoms with Gasteiger partial charge in [0, 0.05) is 39.3 Å². The molecule has 2 saturated heterocycles. The van der Waals surface area contributed by atoms with Gasteiger partial charge in [0.15, 0.2) is 0 Å². The first-order valence-electron chi connectivity index (χ1n) is 9.55. The molecule has 2 aliphatic heterocycles. The standard InChI is InChI=1S/C19H29N3O4S/c1-15-5-6-18(12-16(15)2)27(24,25)22-9-7-21(8-10-22)19(23)14-20-13-17-4-3-11-26-17/h5-6,12,17,20H,3-4,7-11,13-14H2,1-2H3. The summed E-state index contributed by atoms with van der Waals surface area (Å²) in [5.41, 5.74) is 2.03. The molecule has 3 rings (SSSR count). The van der Waals surface area contributed by atoms with Crippen LogP contribution in [0.5, 0.6) is 0 Å². The van der Waals surface area contributed by atoms with E-state index in [1.54, 1.807) is 17.0 Å². The van der Waals surface area contributed by atoms with Gasteiger partial charge in [-0.1, -0.05) is 6.07 Å². The number of nitrogens with one attached hydrogen (secondary N) is 1. The van der Waals surface area contributed by atoms with E-state index in [1.807, 2.05) is 19.9 Å². The van der Waals surface area contributed by atoms with Crippen molar-refractivity contribution in [1.82, 2.24) is 14.5 Å². The third-order valence-corrected chi connectivity index (χ3v) is 7.27. The van der Waals surface area contributed by atoms with E-state index in [0.29, 0.717) is 37.6 Å². The van der Waals surface area contributed by atoms with Gasteiger partial charge in [-0.15, -0.1) is 0 Å². The average Bonchev–Trinajstić information content (AvgIpc) is 3.17. The van der Waals surface area contributed by atoms with Crippen molar-refractivity contribution in [1.29, 1.82) is 0 Å². The number of sulfonamides is 1. The van der Waals surface area contributed by atoms with Crippen LogP contribution in [0, 0.1) is 13.8 Å². The van der Waals surface area contributed by atoms with Gasteiger partial charge in [0.05, 0.1) is 17.5 Å². The lowest BCUT2D eigenvalue weighted by atomic mass is 10.1. The fourth-order valence-electron chi connectivity index (χ4n) is 3.46. The summed E-state index contributed by atoms with van der Waals surface area (Å²) in [5, 5.41) is 3.16. The predicted octanol–water partition coefficient (Wildman–Crippen LogP) is 0.905.